The van der Waals surface area contributed by atoms with Crippen molar-refractivity contribution in [3.05, 3.63) is 103 Å². The quantitative estimate of drug-likeness (QED) is 0.282. The maximum Gasteiger partial charge on any atom is 0.338 e. The summed E-state index contributed by atoms with van der Waals surface area (Å²) >= 11 is 1.30. The van der Waals surface area contributed by atoms with Crippen molar-refractivity contribution in [2.45, 2.75) is 26.4 Å². The second-order valence-electron chi connectivity index (χ2n) is 8.96. The molecule has 0 saturated heterocycles. The number of para-hydroxylation sites is 1. The summed E-state index contributed by atoms with van der Waals surface area (Å²) in [7, 11) is 0. The Bertz CT molecular complexity index is 1820. The molecule has 1 atom stereocenters. The Hall–Kier alpha value is -4.37. The van der Waals surface area contributed by atoms with Gasteiger partial charge in [-0.15, -0.1) is 6.58 Å². The van der Waals surface area contributed by atoms with Crippen LogP contribution in [0.2, 0.25) is 0 Å². The van der Waals surface area contributed by atoms with Gasteiger partial charge in [-0.05, 0) is 43.7 Å². The molecule has 0 radical (unpaired) electrons. The van der Waals surface area contributed by atoms with E-state index >= 15 is 0 Å². The second-order valence-corrected chi connectivity index (χ2v) is 9.97. The smallest absolute Gasteiger partial charge is 0.338 e. The summed E-state index contributed by atoms with van der Waals surface area (Å²) < 4.78 is 20.6. The lowest BCUT2D eigenvalue weighted by Crippen LogP contribution is -2.39. The highest BCUT2D eigenvalue weighted by atomic mass is 32.1. The van der Waals surface area contributed by atoms with Gasteiger partial charge in [-0.25, -0.2) is 9.79 Å². The standard InChI is InChI=1S/C29H25N3O5S/c1-4-12-31-15-19(20-8-6-7-9-21(20)31)14-24-27(33)32-26(18-10-11-22-23(13-18)37-16-36-22)25(28(34)35-5-2)17(3)30-29(32)38-24/h4,6-11,13-15,26H,1,5,12,16H2,2-3H3/t26-/m0/s1. The number of esters is 1. The minimum absolute atomic E-state index is 0.126. The number of carbonyl (C=O) groups is 1. The first-order chi connectivity index (χ1) is 18.5. The molecule has 6 rings (SSSR count). The summed E-state index contributed by atoms with van der Waals surface area (Å²) in [6, 6.07) is 12.8. The molecule has 2 aliphatic rings. The number of allylic oxidation sites excluding steroid dienone is 2. The molecule has 2 aliphatic heterocycles. The monoisotopic (exact) mass is 527 g/mol. The van der Waals surface area contributed by atoms with Gasteiger partial charge in [-0.1, -0.05) is 41.7 Å². The molecule has 0 saturated carbocycles. The average Bonchev–Trinajstić information content (AvgIpc) is 3.60. The van der Waals surface area contributed by atoms with Crippen LogP contribution < -0.4 is 24.4 Å². The summed E-state index contributed by atoms with van der Waals surface area (Å²) in [6.07, 6.45) is 5.76. The Morgan fingerprint density at radius 1 is 1.24 bits per heavy atom. The molecule has 0 unspecified atom stereocenters. The molecule has 0 spiro atoms. The molecule has 4 heterocycles. The van der Waals surface area contributed by atoms with E-state index in [0.717, 1.165) is 16.5 Å². The van der Waals surface area contributed by atoms with Crippen molar-refractivity contribution in [2.24, 2.45) is 4.99 Å². The summed E-state index contributed by atoms with van der Waals surface area (Å²) in [5.41, 5.74) is 3.31. The molecule has 8 nitrogen and oxygen atoms in total. The number of benzene rings is 2. The number of hydrogen-bond donors (Lipinski definition) is 0. The molecule has 9 heteroatoms. The maximum absolute atomic E-state index is 14.0. The number of carbonyl (C=O) groups excluding carboxylic acids is 1. The van der Waals surface area contributed by atoms with Crippen molar-refractivity contribution in [2.75, 3.05) is 13.4 Å². The highest BCUT2D eigenvalue weighted by molar-refractivity contribution is 7.07. The molecule has 38 heavy (non-hydrogen) atoms. The fourth-order valence-corrected chi connectivity index (χ4v) is 6.05. The van der Waals surface area contributed by atoms with Crippen LogP contribution in [-0.2, 0) is 16.1 Å². The zero-order chi connectivity index (χ0) is 26.4. The number of thiazole rings is 1. The van der Waals surface area contributed by atoms with E-state index in [1.54, 1.807) is 24.5 Å². The number of nitrogens with zero attached hydrogens (tertiary/aromatic N) is 3. The first-order valence-electron chi connectivity index (χ1n) is 12.3. The van der Waals surface area contributed by atoms with Gasteiger partial charge in [0, 0.05) is 29.2 Å². The predicted octanol–water partition coefficient (Wildman–Crippen LogP) is 3.67. The van der Waals surface area contributed by atoms with Crippen molar-refractivity contribution >= 4 is 34.3 Å². The summed E-state index contributed by atoms with van der Waals surface area (Å²) in [6.45, 7) is 8.37. The van der Waals surface area contributed by atoms with Gasteiger partial charge < -0.3 is 18.8 Å². The Morgan fingerprint density at radius 3 is 2.87 bits per heavy atom. The van der Waals surface area contributed by atoms with Gasteiger partial charge in [0.25, 0.3) is 5.56 Å². The fourth-order valence-electron chi connectivity index (χ4n) is 5.01. The van der Waals surface area contributed by atoms with Crippen molar-refractivity contribution < 1.29 is 19.0 Å². The molecule has 192 valence electrons. The lowest BCUT2D eigenvalue weighted by Gasteiger charge is -2.24. The largest absolute Gasteiger partial charge is 0.463 e. The van der Waals surface area contributed by atoms with Crippen LogP contribution in [0.5, 0.6) is 11.5 Å². The first-order valence-corrected chi connectivity index (χ1v) is 13.1. The Morgan fingerprint density at radius 2 is 2.05 bits per heavy atom. The van der Waals surface area contributed by atoms with E-state index in [-0.39, 0.29) is 19.0 Å². The van der Waals surface area contributed by atoms with Gasteiger partial charge in [-0.3, -0.25) is 9.36 Å². The van der Waals surface area contributed by atoms with Crippen molar-refractivity contribution in [3.63, 3.8) is 0 Å². The van der Waals surface area contributed by atoms with E-state index in [1.807, 2.05) is 54.7 Å². The predicted molar refractivity (Wildman–Crippen MR) is 145 cm³/mol. The molecule has 0 fully saturated rings. The molecule has 2 aromatic heterocycles. The first kappa shape index (κ1) is 24.0. The molecule has 0 amide bonds. The third kappa shape index (κ3) is 3.86. The van der Waals surface area contributed by atoms with Gasteiger partial charge in [0.2, 0.25) is 6.79 Å². The second kappa shape index (κ2) is 9.50. The topological polar surface area (TPSA) is 84.0 Å². The lowest BCUT2D eigenvalue weighted by atomic mass is 9.95. The molecular formula is C29H25N3O5S. The fraction of sp³-hybridized carbons (Fsp3) is 0.207. The maximum atomic E-state index is 14.0. The summed E-state index contributed by atoms with van der Waals surface area (Å²) in [5.74, 6) is 0.686. The summed E-state index contributed by atoms with van der Waals surface area (Å²) in [4.78, 5) is 32.3. The zero-order valence-corrected chi connectivity index (χ0v) is 21.8. The summed E-state index contributed by atoms with van der Waals surface area (Å²) in [5, 5.41) is 1.04. The van der Waals surface area contributed by atoms with Gasteiger partial charge in [-0.2, -0.15) is 0 Å². The van der Waals surface area contributed by atoms with E-state index < -0.39 is 12.0 Å². The number of fused-ring (bicyclic) bond motifs is 3. The van der Waals surface area contributed by atoms with E-state index in [0.29, 0.717) is 44.2 Å². The molecule has 0 bridgehead atoms. The highest BCUT2D eigenvalue weighted by Gasteiger charge is 2.34. The SMILES string of the molecule is C=CCn1cc(C=c2sc3n(c2=O)[C@@H](c2ccc4c(c2)OCO4)C(C(=O)OCC)=C(C)N=3)c2ccccc21. The Kier molecular flexibility index (Phi) is 6.00. The van der Waals surface area contributed by atoms with Gasteiger partial charge >= 0.3 is 5.97 Å². The third-order valence-corrected chi connectivity index (χ3v) is 7.64. The van der Waals surface area contributed by atoms with Crippen LogP contribution in [0.15, 0.2) is 82.4 Å². The van der Waals surface area contributed by atoms with Crippen LogP contribution in [0, 0.1) is 0 Å². The Labute approximate surface area is 222 Å². The average molecular weight is 528 g/mol. The normalized spacial score (nSPS) is 16.5. The van der Waals surface area contributed by atoms with Crippen LogP contribution >= 0.6 is 11.3 Å². The van der Waals surface area contributed by atoms with Crippen LogP contribution in [0.4, 0.5) is 0 Å². The molecule has 0 N–H and O–H groups in total. The highest BCUT2D eigenvalue weighted by Crippen LogP contribution is 2.38. The van der Waals surface area contributed by atoms with Crippen molar-refractivity contribution in [1.82, 2.24) is 9.13 Å². The van der Waals surface area contributed by atoms with Gasteiger partial charge in [0.05, 0.1) is 28.5 Å². The van der Waals surface area contributed by atoms with Crippen molar-refractivity contribution in [3.8, 4) is 11.5 Å². The van der Waals surface area contributed by atoms with E-state index in [1.165, 1.54) is 11.3 Å². The third-order valence-electron chi connectivity index (χ3n) is 6.66. The number of aromatic nitrogens is 2. The van der Waals surface area contributed by atoms with Crippen LogP contribution in [0.1, 0.15) is 31.0 Å². The van der Waals surface area contributed by atoms with Gasteiger partial charge in [0.1, 0.15) is 0 Å². The number of hydrogen-bond acceptors (Lipinski definition) is 7. The van der Waals surface area contributed by atoms with Crippen molar-refractivity contribution in [1.29, 1.82) is 0 Å². The number of rotatable bonds is 6. The molecule has 0 aliphatic carbocycles. The molecular weight excluding hydrogens is 502 g/mol. The zero-order valence-electron chi connectivity index (χ0n) is 21.0. The van der Waals surface area contributed by atoms with E-state index in [4.69, 9.17) is 14.2 Å². The van der Waals surface area contributed by atoms with Gasteiger partial charge in [0.15, 0.2) is 16.3 Å². The molecule has 2 aromatic carbocycles. The van der Waals surface area contributed by atoms with Crippen LogP contribution in [0.25, 0.3) is 17.0 Å². The number of ether oxygens (including phenoxy) is 3. The van der Waals surface area contributed by atoms with Crippen LogP contribution in [-0.4, -0.2) is 28.5 Å². The van der Waals surface area contributed by atoms with E-state index in [9.17, 15) is 9.59 Å². The van der Waals surface area contributed by atoms with E-state index in [2.05, 4.69) is 16.1 Å². The minimum atomic E-state index is -0.718. The Balaban J connectivity index is 1.56. The van der Waals surface area contributed by atoms with Crippen LogP contribution in [0.3, 0.4) is 0 Å². The lowest BCUT2D eigenvalue weighted by molar-refractivity contribution is -0.139. The molecule has 4 aromatic rings. The minimum Gasteiger partial charge on any atom is -0.463 e.